The summed E-state index contributed by atoms with van der Waals surface area (Å²) in [4.78, 5) is 15.7. The molecule has 0 aromatic heterocycles. The molecule has 4 heteroatoms. The van der Waals surface area contributed by atoms with Gasteiger partial charge in [-0.1, -0.05) is 12.8 Å². The van der Waals surface area contributed by atoms with Gasteiger partial charge in [0.25, 0.3) is 0 Å². The maximum Gasteiger partial charge on any atom is 0.243 e. The Balaban J connectivity index is 3.08. The van der Waals surface area contributed by atoms with Crippen LogP contribution in [0.3, 0.4) is 0 Å². The van der Waals surface area contributed by atoms with Gasteiger partial charge in [0.05, 0.1) is 6.61 Å². The highest BCUT2D eigenvalue weighted by Crippen LogP contribution is 2.01. The number of nitrogens with two attached hydrogens (primary N) is 1. The second-order valence-corrected chi connectivity index (χ2v) is 2.91. The number of rotatable bonds is 8. The lowest BCUT2D eigenvalue weighted by Crippen LogP contribution is -2.23. The van der Waals surface area contributed by atoms with Crippen LogP contribution in [-0.4, -0.2) is 19.1 Å². The van der Waals surface area contributed by atoms with Crippen LogP contribution in [0.2, 0.25) is 0 Å². The molecule has 0 unspecified atom stereocenters. The molecule has 0 saturated heterocycles. The number of hydrogen-bond donors (Lipinski definition) is 2. The molecule has 0 aromatic rings. The van der Waals surface area contributed by atoms with Crippen molar-refractivity contribution in [2.45, 2.75) is 39.0 Å². The summed E-state index contributed by atoms with van der Waals surface area (Å²) in [6, 6.07) is 0. The average Bonchev–Trinajstić information content (AvgIpc) is 2.14. The Kier molecular flexibility index (Phi) is 9.03. The Morgan fingerprint density at radius 3 is 2.62 bits per heavy atom. The van der Waals surface area contributed by atoms with Gasteiger partial charge in [-0.25, -0.2) is 5.48 Å². The first-order chi connectivity index (χ1) is 6.31. The topological polar surface area (TPSA) is 64.3 Å². The molecule has 0 rings (SSSR count). The van der Waals surface area contributed by atoms with Gasteiger partial charge in [0.2, 0.25) is 5.91 Å². The molecule has 0 aliphatic heterocycles. The Hall–Kier alpha value is -0.610. The summed E-state index contributed by atoms with van der Waals surface area (Å²) in [5, 5.41) is 0. The van der Waals surface area contributed by atoms with Crippen LogP contribution >= 0.6 is 0 Å². The van der Waals surface area contributed by atoms with Crippen molar-refractivity contribution < 1.29 is 9.63 Å². The molecule has 3 N–H and O–H groups in total. The van der Waals surface area contributed by atoms with Crippen molar-refractivity contribution in [1.82, 2.24) is 5.48 Å². The number of hydrogen-bond acceptors (Lipinski definition) is 3. The molecule has 13 heavy (non-hydrogen) atoms. The highest BCUT2D eigenvalue weighted by Gasteiger charge is 1.99. The predicted molar refractivity (Wildman–Crippen MR) is 51.9 cm³/mol. The minimum atomic E-state index is -0.0328. The first-order valence-electron chi connectivity index (χ1n) is 4.92. The normalized spacial score (nSPS) is 10.0. The predicted octanol–water partition coefficient (Wildman–Crippen LogP) is 0.963. The maximum atomic E-state index is 11.0. The molecule has 0 atom stereocenters. The van der Waals surface area contributed by atoms with E-state index in [2.05, 4.69) is 5.48 Å². The second-order valence-electron chi connectivity index (χ2n) is 2.91. The summed E-state index contributed by atoms with van der Waals surface area (Å²) in [5.41, 5.74) is 7.70. The molecule has 0 aliphatic carbocycles. The van der Waals surface area contributed by atoms with E-state index in [0.29, 0.717) is 13.0 Å². The molecule has 0 aliphatic rings. The number of nitrogens with one attached hydrogen (secondary N) is 1. The lowest BCUT2D eigenvalue weighted by Gasteiger charge is -2.02. The summed E-state index contributed by atoms with van der Waals surface area (Å²) in [7, 11) is 0. The molecule has 0 radical (unpaired) electrons. The highest BCUT2D eigenvalue weighted by atomic mass is 16.6. The maximum absolute atomic E-state index is 11.0. The van der Waals surface area contributed by atoms with Crippen molar-refractivity contribution in [2.24, 2.45) is 5.73 Å². The summed E-state index contributed by atoms with van der Waals surface area (Å²) in [5.74, 6) is -0.0328. The molecule has 1 amide bonds. The van der Waals surface area contributed by atoms with E-state index in [1.165, 1.54) is 0 Å². The minimum Gasteiger partial charge on any atom is -0.330 e. The van der Waals surface area contributed by atoms with Crippen LogP contribution < -0.4 is 11.2 Å². The van der Waals surface area contributed by atoms with E-state index in [1.807, 2.05) is 6.92 Å². The van der Waals surface area contributed by atoms with Crippen molar-refractivity contribution in [2.75, 3.05) is 13.2 Å². The zero-order chi connectivity index (χ0) is 9.94. The molecule has 78 valence electrons. The Labute approximate surface area is 79.8 Å². The monoisotopic (exact) mass is 188 g/mol. The van der Waals surface area contributed by atoms with Gasteiger partial charge in [-0.3, -0.25) is 9.63 Å². The van der Waals surface area contributed by atoms with Gasteiger partial charge in [-0.2, -0.15) is 0 Å². The van der Waals surface area contributed by atoms with Crippen LogP contribution in [0.25, 0.3) is 0 Å². The van der Waals surface area contributed by atoms with Crippen LogP contribution in [0.15, 0.2) is 0 Å². The third kappa shape index (κ3) is 9.30. The lowest BCUT2D eigenvalue weighted by atomic mass is 10.1. The number of amides is 1. The molecule has 0 heterocycles. The standard InChI is InChI=1S/C9H20N2O2/c1-2-13-11-9(12)7-5-3-4-6-8-10/h2-8,10H2,1H3,(H,11,12). The zero-order valence-corrected chi connectivity index (χ0v) is 8.34. The van der Waals surface area contributed by atoms with Gasteiger partial charge < -0.3 is 5.73 Å². The molecule has 4 nitrogen and oxygen atoms in total. The summed E-state index contributed by atoms with van der Waals surface area (Å²) in [6.45, 7) is 3.09. The van der Waals surface area contributed by atoms with Gasteiger partial charge in [0, 0.05) is 6.42 Å². The first-order valence-corrected chi connectivity index (χ1v) is 4.92. The van der Waals surface area contributed by atoms with Gasteiger partial charge in [-0.15, -0.1) is 0 Å². The number of carbonyl (C=O) groups is 1. The second kappa shape index (κ2) is 9.48. The van der Waals surface area contributed by atoms with Crippen molar-refractivity contribution in [3.63, 3.8) is 0 Å². The molecule has 0 bridgehead atoms. The fraction of sp³-hybridized carbons (Fsp3) is 0.889. The van der Waals surface area contributed by atoms with Crippen molar-refractivity contribution in [1.29, 1.82) is 0 Å². The summed E-state index contributed by atoms with van der Waals surface area (Å²) in [6.07, 6.45) is 4.69. The number of hydroxylamine groups is 1. The van der Waals surface area contributed by atoms with Gasteiger partial charge in [0.15, 0.2) is 0 Å². The van der Waals surface area contributed by atoms with Crippen LogP contribution in [0.5, 0.6) is 0 Å². The van der Waals surface area contributed by atoms with Gasteiger partial charge in [0.1, 0.15) is 0 Å². The highest BCUT2D eigenvalue weighted by molar-refractivity contribution is 5.74. The fourth-order valence-corrected chi connectivity index (χ4v) is 0.987. The number of unbranched alkanes of at least 4 members (excludes halogenated alkanes) is 3. The molecule has 0 spiro atoms. The average molecular weight is 188 g/mol. The van der Waals surface area contributed by atoms with Crippen molar-refractivity contribution in [3.05, 3.63) is 0 Å². The zero-order valence-electron chi connectivity index (χ0n) is 8.34. The summed E-state index contributed by atoms with van der Waals surface area (Å²) < 4.78 is 0. The van der Waals surface area contributed by atoms with E-state index in [1.54, 1.807) is 0 Å². The van der Waals surface area contributed by atoms with Crippen LogP contribution in [0.4, 0.5) is 0 Å². The Bertz CT molecular complexity index is 129. The first kappa shape index (κ1) is 12.4. The SMILES string of the molecule is CCONC(=O)CCCCCCN. The molecular formula is C9H20N2O2. The van der Waals surface area contributed by atoms with Crippen LogP contribution in [0, 0.1) is 0 Å². The third-order valence-corrected chi connectivity index (χ3v) is 1.69. The van der Waals surface area contributed by atoms with E-state index >= 15 is 0 Å². The molecule has 0 aromatic carbocycles. The van der Waals surface area contributed by atoms with E-state index in [0.717, 1.165) is 32.2 Å². The Morgan fingerprint density at radius 2 is 2.00 bits per heavy atom. The molecule has 0 saturated carbocycles. The lowest BCUT2D eigenvalue weighted by molar-refractivity contribution is -0.133. The minimum absolute atomic E-state index is 0.0328. The fourth-order valence-electron chi connectivity index (χ4n) is 0.987. The van der Waals surface area contributed by atoms with E-state index in [-0.39, 0.29) is 5.91 Å². The molecular weight excluding hydrogens is 168 g/mol. The van der Waals surface area contributed by atoms with E-state index in [4.69, 9.17) is 10.6 Å². The van der Waals surface area contributed by atoms with Crippen LogP contribution in [-0.2, 0) is 9.63 Å². The Morgan fingerprint density at radius 1 is 1.31 bits per heavy atom. The van der Waals surface area contributed by atoms with Gasteiger partial charge >= 0.3 is 0 Å². The third-order valence-electron chi connectivity index (χ3n) is 1.69. The van der Waals surface area contributed by atoms with E-state index < -0.39 is 0 Å². The molecule has 0 fully saturated rings. The van der Waals surface area contributed by atoms with Crippen molar-refractivity contribution in [3.8, 4) is 0 Å². The van der Waals surface area contributed by atoms with Crippen molar-refractivity contribution >= 4 is 5.91 Å². The quantitative estimate of drug-likeness (QED) is 0.440. The number of carbonyl (C=O) groups excluding carboxylic acids is 1. The van der Waals surface area contributed by atoms with E-state index in [9.17, 15) is 4.79 Å². The van der Waals surface area contributed by atoms with Gasteiger partial charge in [-0.05, 0) is 26.3 Å². The largest absolute Gasteiger partial charge is 0.330 e. The van der Waals surface area contributed by atoms with Crippen LogP contribution in [0.1, 0.15) is 39.0 Å². The smallest absolute Gasteiger partial charge is 0.243 e. The summed E-state index contributed by atoms with van der Waals surface area (Å²) >= 11 is 0.